The van der Waals surface area contributed by atoms with Gasteiger partial charge in [0.1, 0.15) is 17.4 Å². The van der Waals surface area contributed by atoms with Crippen molar-refractivity contribution in [3.63, 3.8) is 0 Å². The second kappa shape index (κ2) is 9.41. The number of halogens is 1. The average Bonchev–Trinajstić information content (AvgIpc) is 3.59. The summed E-state index contributed by atoms with van der Waals surface area (Å²) < 4.78 is 1.93. The van der Waals surface area contributed by atoms with Crippen molar-refractivity contribution in [3.8, 4) is 11.8 Å². The van der Waals surface area contributed by atoms with Gasteiger partial charge in [-0.2, -0.15) is 5.26 Å². The van der Waals surface area contributed by atoms with Crippen molar-refractivity contribution in [1.29, 1.82) is 5.26 Å². The lowest BCUT2D eigenvalue weighted by molar-refractivity contribution is 0.401. The highest BCUT2D eigenvalue weighted by atomic mass is 35.5. The van der Waals surface area contributed by atoms with Crippen LogP contribution in [0.5, 0.6) is 0 Å². The number of aliphatic hydroxyl groups excluding tert-OH is 1. The summed E-state index contributed by atoms with van der Waals surface area (Å²) in [4.78, 5) is 9.77. The van der Waals surface area contributed by atoms with Gasteiger partial charge in [0.05, 0.1) is 27.0 Å². The molecule has 0 aliphatic carbocycles. The van der Waals surface area contributed by atoms with Gasteiger partial charge in [-0.3, -0.25) is 4.57 Å². The molecule has 1 saturated heterocycles. The number of H-pyrrole nitrogens is 1. The first kappa shape index (κ1) is 22.3. The maximum atomic E-state index is 11.0. The Morgan fingerprint density at radius 1 is 1.15 bits per heavy atom. The van der Waals surface area contributed by atoms with Crippen molar-refractivity contribution in [1.82, 2.24) is 24.7 Å². The Kier molecular flexibility index (Phi) is 6.18. The Morgan fingerprint density at radius 2 is 1.88 bits per heavy atom. The third-order valence-electron chi connectivity index (χ3n) is 5.76. The molecule has 2 aromatic heterocycles. The quantitative estimate of drug-likeness (QED) is 0.212. The molecule has 0 saturated carbocycles. The number of hydrogen-bond acceptors (Lipinski definition) is 7. The number of benzene rings is 2. The van der Waals surface area contributed by atoms with E-state index in [1.54, 1.807) is 0 Å². The first-order chi connectivity index (χ1) is 16.6. The number of allylic oxidation sites excluding steroid dienone is 1. The summed E-state index contributed by atoms with van der Waals surface area (Å²) in [5.41, 5.74) is 2.39. The molecular weight excluding hydrogens is 470 g/mol. The number of thioether (sulfide) groups is 1. The van der Waals surface area contributed by atoms with Crippen molar-refractivity contribution in [2.24, 2.45) is 0 Å². The maximum absolute atomic E-state index is 11.0. The third kappa shape index (κ3) is 4.11. The smallest absolute Gasteiger partial charge is 0.232 e. The lowest BCUT2D eigenvalue weighted by Crippen LogP contribution is -2.22. The van der Waals surface area contributed by atoms with Crippen molar-refractivity contribution < 1.29 is 5.11 Å². The Balaban J connectivity index is 1.52. The van der Waals surface area contributed by atoms with E-state index in [2.05, 4.69) is 31.1 Å². The number of para-hydroxylation sites is 3. The highest BCUT2D eigenvalue weighted by molar-refractivity contribution is 8.00. The van der Waals surface area contributed by atoms with Crippen LogP contribution >= 0.6 is 23.4 Å². The molecule has 34 heavy (non-hydrogen) atoms. The summed E-state index contributed by atoms with van der Waals surface area (Å²) in [5, 5.41) is 30.4. The monoisotopic (exact) mass is 491 g/mol. The third-order valence-corrected chi connectivity index (χ3v) is 7.13. The van der Waals surface area contributed by atoms with Crippen LogP contribution in [0.4, 0.5) is 5.95 Å². The molecule has 0 spiro atoms. The zero-order chi connectivity index (χ0) is 23.7. The molecule has 0 radical (unpaired) electrons. The van der Waals surface area contributed by atoms with Crippen LogP contribution in [0.2, 0.25) is 5.02 Å². The fourth-order valence-corrected chi connectivity index (χ4v) is 5.16. The van der Waals surface area contributed by atoms with Crippen LogP contribution in [0.15, 0.2) is 59.4 Å². The normalized spacial score (nSPS) is 15.4. The standard InChI is InChI=1S/C24H22ClN7OS/c1-15(21(33)16(14-26)22-27-18-9-3-4-10-19(18)28-22)34-24-30-29-23(31-12-6-7-13-31)32(24)20-11-5-2-8-17(20)25/h2-5,8-11,15,33H,6-7,12-13H2,1H3,(H,27,28)/b21-16+. The van der Waals surface area contributed by atoms with Gasteiger partial charge in [0.2, 0.25) is 5.95 Å². The predicted molar refractivity (Wildman–Crippen MR) is 134 cm³/mol. The van der Waals surface area contributed by atoms with E-state index in [9.17, 15) is 10.4 Å². The first-order valence-corrected chi connectivity index (χ1v) is 12.2. The number of nitriles is 1. The molecule has 1 fully saturated rings. The van der Waals surface area contributed by atoms with Gasteiger partial charge in [0, 0.05) is 13.1 Å². The van der Waals surface area contributed by atoms with Crippen LogP contribution in [0, 0.1) is 11.3 Å². The Morgan fingerprint density at radius 3 is 2.62 bits per heavy atom. The molecule has 172 valence electrons. The minimum atomic E-state index is -0.486. The van der Waals surface area contributed by atoms with Crippen LogP contribution < -0.4 is 4.90 Å². The summed E-state index contributed by atoms with van der Waals surface area (Å²) in [5.74, 6) is 0.975. The van der Waals surface area contributed by atoms with Gasteiger partial charge in [-0.05, 0) is 44.0 Å². The maximum Gasteiger partial charge on any atom is 0.232 e. The number of fused-ring (bicyclic) bond motifs is 1. The molecule has 2 N–H and O–H groups in total. The number of rotatable bonds is 6. The largest absolute Gasteiger partial charge is 0.510 e. The van der Waals surface area contributed by atoms with Crippen molar-refractivity contribution in [2.45, 2.75) is 30.2 Å². The van der Waals surface area contributed by atoms with Crippen molar-refractivity contribution in [2.75, 3.05) is 18.0 Å². The van der Waals surface area contributed by atoms with E-state index in [0.717, 1.165) is 48.6 Å². The number of hydrogen-bond donors (Lipinski definition) is 2. The molecule has 2 aromatic carbocycles. The second-order valence-electron chi connectivity index (χ2n) is 8.00. The molecule has 5 rings (SSSR count). The van der Waals surface area contributed by atoms with Gasteiger partial charge in [0.25, 0.3) is 0 Å². The molecule has 1 aliphatic heterocycles. The summed E-state index contributed by atoms with van der Waals surface area (Å²) in [7, 11) is 0. The molecule has 0 amide bonds. The van der Waals surface area contributed by atoms with Gasteiger partial charge in [-0.25, -0.2) is 4.98 Å². The number of nitrogens with zero attached hydrogens (tertiary/aromatic N) is 6. The molecule has 1 atom stereocenters. The number of nitrogens with one attached hydrogen (secondary N) is 1. The number of aromatic amines is 1. The average molecular weight is 492 g/mol. The first-order valence-electron chi connectivity index (χ1n) is 11.0. The predicted octanol–water partition coefficient (Wildman–Crippen LogP) is 5.37. The summed E-state index contributed by atoms with van der Waals surface area (Å²) in [6.07, 6.45) is 2.20. The Bertz CT molecular complexity index is 1380. The van der Waals surface area contributed by atoms with E-state index in [1.807, 2.05) is 60.0 Å². The van der Waals surface area contributed by atoms with Crippen LogP contribution in [0.3, 0.4) is 0 Å². The zero-order valence-corrected chi connectivity index (χ0v) is 20.0. The summed E-state index contributed by atoms with van der Waals surface area (Å²) >= 11 is 7.85. The molecule has 0 bridgehead atoms. The number of aliphatic hydroxyl groups is 1. The molecule has 4 aromatic rings. The highest BCUT2D eigenvalue weighted by Crippen LogP contribution is 2.35. The van der Waals surface area contributed by atoms with Crippen molar-refractivity contribution >= 4 is 45.9 Å². The van der Waals surface area contributed by atoms with Crippen LogP contribution in [-0.2, 0) is 0 Å². The second-order valence-corrected chi connectivity index (χ2v) is 9.71. The zero-order valence-electron chi connectivity index (χ0n) is 18.4. The molecule has 10 heteroatoms. The molecule has 8 nitrogen and oxygen atoms in total. The molecule has 3 heterocycles. The lowest BCUT2D eigenvalue weighted by Gasteiger charge is -2.20. The Hall–Kier alpha value is -3.48. The topological polar surface area (TPSA) is 107 Å². The van der Waals surface area contributed by atoms with E-state index in [1.165, 1.54) is 11.8 Å². The minimum absolute atomic E-state index is 0.0806. The molecular formula is C24H22ClN7OS. The van der Waals surface area contributed by atoms with Crippen LogP contribution in [-0.4, -0.2) is 48.2 Å². The van der Waals surface area contributed by atoms with Gasteiger partial charge < -0.3 is 15.0 Å². The Labute approximate surface area is 205 Å². The van der Waals surface area contributed by atoms with E-state index in [-0.39, 0.29) is 11.3 Å². The SMILES string of the molecule is CC(Sc1nnc(N2CCCC2)n1-c1ccccc1Cl)/C(O)=C(/C#N)c1nc2ccccc2[nH]1. The molecule has 1 unspecified atom stereocenters. The number of aromatic nitrogens is 5. The van der Waals surface area contributed by atoms with Gasteiger partial charge in [-0.1, -0.05) is 47.6 Å². The van der Waals surface area contributed by atoms with Gasteiger partial charge >= 0.3 is 0 Å². The van der Waals surface area contributed by atoms with Gasteiger partial charge in [-0.15, -0.1) is 10.2 Å². The lowest BCUT2D eigenvalue weighted by atomic mass is 10.2. The van der Waals surface area contributed by atoms with Crippen LogP contribution in [0.1, 0.15) is 25.6 Å². The fraction of sp³-hybridized carbons (Fsp3) is 0.250. The minimum Gasteiger partial charge on any atom is -0.510 e. The molecule has 1 aliphatic rings. The van der Waals surface area contributed by atoms with Crippen LogP contribution in [0.25, 0.3) is 22.3 Å². The fourth-order valence-electron chi connectivity index (χ4n) is 4.02. The van der Waals surface area contributed by atoms with Crippen molar-refractivity contribution in [3.05, 3.63) is 65.1 Å². The highest BCUT2D eigenvalue weighted by Gasteiger charge is 2.26. The van der Waals surface area contributed by atoms with E-state index in [0.29, 0.717) is 16.0 Å². The number of imidazole rings is 1. The summed E-state index contributed by atoms with van der Waals surface area (Å²) in [6.45, 7) is 3.62. The van der Waals surface area contributed by atoms with E-state index in [4.69, 9.17) is 11.6 Å². The van der Waals surface area contributed by atoms with Gasteiger partial charge in [0.15, 0.2) is 11.0 Å². The number of anilines is 1. The summed E-state index contributed by atoms with van der Waals surface area (Å²) in [6, 6.07) is 17.1. The van der Waals surface area contributed by atoms with E-state index >= 15 is 0 Å². The van der Waals surface area contributed by atoms with E-state index < -0.39 is 5.25 Å².